The minimum atomic E-state index is 1.12. The normalized spacial score (nSPS) is 11.5. The Balaban J connectivity index is 1.15. The molecule has 0 spiro atoms. The average Bonchev–Trinajstić information content (AvgIpc) is 3.57. The van der Waals surface area contributed by atoms with Gasteiger partial charge in [-0.1, -0.05) is 140 Å². The van der Waals surface area contributed by atoms with E-state index in [2.05, 4.69) is 206 Å². The zero-order chi connectivity index (χ0) is 34.1. The van der Waals surface area contributed by atoms with Crippen LogP contribution in [0.15, 0.2) is 182 Å². The van der Waals surface area contributed by atoms with Gasteiger partial charge in [0, 0.05) is 42.8 Å². The number of rotatable bonds is 7. The molecule has 0 aliphatic heterocycles. The van der Waals surface area contributed by atoms with Crippen LogP contribution in [0.3, 0.4) is 0 Å². The Hall–Kier alpha value is -6.22. The Kier molecular flexibility index (Phi) is 8.00. The molecule has 0 amide bonds. The van der Waals surface area contributed by atoms with Gasteiger partial charge in [0.2, 0.25) is 0 Å². The van der Waals surface area contributed by atoms with Crippen molar-refractivity contribution in [1.82, 2.24) is 0 Å². The van der Waals surface area contributed by atoms with Crippen molar-refractivity contribution in [1.29, 1.82) is 0 Å². The summed E-state index contributed by atoms with van der Waals surface area (Å²) < 4.78 is 2.62. The van der Waals surface area contributed by atoms with E-state index >= 15 is 0 Å². The van der Waals surface area contributed by atoms with Gasteiger partial charge in [-0.3, -0.25) is 0 Å². The number of aryl methyl sites for hydroxylation is 1. The molecule has 1 heterocycles. The van der Waals surface area contributed by atoms with E-state index < -0.39 is 0 Å². The largest absolute Gasteiger partial charge is 0.310 e. The summed E-state index contributed by atoms with van der Waals surface area (Å²) in [5, 5.41) is 5.07. The number of anilines is 3. The Bertz CT molecular complexity index is 2700. The van der Waals surface area contributed by atoms with Crippen molar-refractivity contribution < 1.29 is 0 Å². The number of nitrogens with zero attached hydrogens (tertiary/aromatic N) is 1. The number of benzene rings is 8. The van der Waals surface area contributed by atoms with Crippen LogP contribution in [0.1, 0.15) is 16.7 Å². The lowest BCUT2D eigenvalue weighted by molar-refractivity contribution is 1.29. The minimum Gasteiger partial charge on any atom is -0.310 e. The first-order valence-electron chi connectivity index (χ1n) is 17.4. The van der Waals surface area contributed by atoms with Crippen LogP contribution in [0.2, 0.25) is 0 Å². The maximum Gasteiger partial charge on any atom is 0.0468 e. The second-order valence-corrected chi connectivity index (χ2v) is 14.1. The summed E-state index contributed by atoms with van der Waals surface area (Å²) in [7, 11) is 0. The van der Waals surface area contributed by atoms with Crippen molar-refractivity contribution in [2.45, 2.75) is 6.92 Å². The zero-order valence-corrected chi connectivity index (χ0v) is 29.1. The summed E-state index contributed by atoms with van der Waals surface area (Å²) in [4.78, 5) is 2.34. The van der Waals surface area contributed by atoms with E-state index in [0.29, 0.717) is 0 Å². The van der Waals surface area contributed by atoms with E-state index in [1.54, 1.807) is 0 Å². The second-order valence-electron chi connectivity index (χ2n) is 13.0. The summed E-state index contributed by atoms with van der Waals surface area (Å²) in [6, 6.07) is 65.8. The van der Waals surface area contributed by atoms with Crippen LogP contribution in [0.25, 0.3) is 65.4 Å². The van der Waals surface area contributed by atoms with Crippen LogP contribution < -0.4 is 4.90 Å². The Morgan fingerprint density at radius 3 is 1.96 bits per heavy atom. The van der Waals surface area contributed by atoms with Crippen molar-refractivity contribution in [2.24, 2.45) is 0 Å². The molecule has 0 bridgehead atoms. The van der Waals surface area contributed by atoms with Crippen LogP contribution in [-0.4, -0.2) is 0 Å². The third kappa shape index (κ3) is 5.90. The van der Waals surface area contributed by atoms with Crippen LogP contribution in [-0.2, 0) is 0 Å². The fourth-order valence-corrected chi connectivity index (χ4v) is 8.46. The third-order valence-electron chi connectivity index (χ3n) is 9.79. The lowest BCUT2D eigenvalue weighted by Gasteiger charge is -2.26. The highest BCUT2D eigenvalue weighted by atomic mass is 32.1. The molecule has 0 radical (unpaired) electrons. The van der Waals surface area contributed by atoms with E-state index in [-0.39, 0.29) is 0 Å². The van der Waals surface area contributed by atoms with Crippen LogP contribution in [0, 0.1) is 6.92 Å². The molecular formula is C49H35NS. The van der Waals surface area contributed by atoms with Crippen molar-refractivity contribution in [3.63, 3.8) is 0 Å². The molecule has 0 saturated heterocycles. The monoisotopic (exact) mass is 669 g/mol. The average molecular weight is 670 g/mol. The fraction of sp³-hybridized carbons (Fsp3) is 0.0204. The molecule has 0 fully saturated rings. The van der Waals surface area contributed by atoms with Crippen LogP contribution in [0.5, 0.6) is 0 Å². The first kappa shape index (κ1) is 30.8. The van der Waals surface area contributed by atoms with Gasteiger partial charge in [0.25, 0.3) is 0 Å². The summed E-state index contributed by atoms with van der Waals surface area (Å²) in [5.41, 5.74) is 12.0. The number of para-hydroxylation sites is 1. The summed E-state index contributed by atoms with van der Waals surface area (Å²) in [5.74, 6) is 0. The predicted molar refractivity (Wildman–Crippen MR) is 222 cm³/mol. The number of fused-ring (bicyclic) bond motifs is 4. The molecule has 2 heteroatoms. The van der Waals surface area contributed by atoms with Gasteiger partial charge in [0.1, 0.15) is 0 Å². The topological polar surface area (TPSA) is 3.24 Å². The smallest absolute Gasteiger partial charge is 0.0468 e. The molecule has 242 valence electrons. The van der Waals surface area contributed by atoms with E-state index in [1.807, 2.05) is 11.3 Å². The SMILES string of the molecule is Cc1ccccc1-c1ccccc1/C=C\c1cc(-c2ccc(N(c3ccccc3)c3ccc4ccccc4c3)cc2)c2sc3ccccc3c2c1. The lowest BCUT2D eigenvalue weighted by atomic mass is 9.95. The van der Waals surface area contributed by atoms with Crippen molar-refractivity contribution in [2.75, 3.05) is 4.90 Å². The first-order valence-corrected chi connectivity index (χ1v) is 18.2. The molecule has 0 saturated carbocycles. The minimum absolute atomic E-state index is 1.12. The van der Waals surface area contributed by atoms with Crippen molar-refractivity contribution >= 4 is 71.5 Å². The van der Waals surface area contributed by atoms with Gasteiger partial charge in [0.05, 0.1) is 0 Å². The molecule has 9 aromatic rings. The molecule has 1 nitrogen and oxygen atoms in total. The number of hydrogen-bond donors (Lipinski definition) is 0. The zero-order valence-electron chi connectivity index (χ0n) is 28.3. The maximum absolute atomic E-state index is 2.36. The molecule has 1 aromatic heterocycles. The third-order valence-corrected chi connectivity index (χ3v) is 11.0. The number of hydrogen-bond acceptors (Lipinski definition) is 2. The van der Waals surface area contributed by atoms with Crippen molar-refractivity contribution in [3.8, 4) is 22.3 Å². The van der Waals surface area contributed by atoms with Crippen molar-refractivity contribution in [3.05, 3.63) is 199 Å². The van der Waals surface area contributed by atoms with E-state index in [0.717, 1.165) is 17.1 Å². The second kappa shape index (κ2) is 13.2. The number of thiophene rings is 1. The lowest BCUT2D eigenvalue weighted by Crippen LogP contribution is -2.09. The van der Waals surface area contributed by atoms with Gasteiger partial charge >= 0.3 is 0 Å². The molecule has 51 heavy (non-hydrogen) atoms. The van der Waals surface area contributed by atoms with Gasteiger partial charge in [-0.2, -0.15) is 0 Å². The highest BCUT2D eigenvalue weighted by Gasteiger charge is 2.16. The van der Waals surface area contributed by atoms with Gasteiger partial charge in [-0.15, -0.1) is 11.3 Å². The molecule has 0 N–H and O–H groups in total. The summed E-state index contributed by atoms with van der Waals surface area (Å²) in [6.45, 7) is 2.18. The molecule has 0 unspecified atom stereocenters. The summed E-state index contributed by atoms with van der Waals surface area (Å²) in [6.07, 6.45) is 4.55. The van der Waals surface area contributed by atoms with Gasteiger partial charge in [-0.05, 0) is 106 Å². The van der Waals surface area contributed by atoms with E-state index in [9.17, 15) is 0 Å². The molecule has 0 aliphatic rings. The van der Waals surface area contributed by atoms with E-state index in [4.69, 9.17) is 0 Å². The van der Waals surface area contributed by atoms with E-state index in [1.165, 1.54) is 69.9 Å². The van der Waals surface area contributed by atoms with Gasteiger partial charge < -0.3 is 4.90 Å². The Morgan fingerprint density at radius 2 is 1.12 bits per heavy atom. The Morgan fingerprint density at radius 1 is 0.451 bits per heavy atom. The van der Waals surface area contributed by atoms with Gasteiger partial charge in [-0.25, -0.2) is 0 Å². The molecule has 0 atom stereocenters. The van der Waals surface area contributed by atoms with Gasteiger partial charge in [0.15, 0.2) is 0 Å². The highest BCUT2D eigenvalue weighted by molar-refractivity contribution is 7.26. The molecule has 8 aromatic carbocycles. The predicted octanol–water partition coefficient (Wildman–Crippen LogP) is 14.5. The molecule has 0 aliphatic carbocycles. The quantitative estimate of drug-likeness (QED) is 0.153. The standard InChI is InChI=1S/C49H35NS/c1-34-13-5-9-19-43(34)44-20-10-8-15-37(44)24-23-35-31-46(49-47(32-35)45-21-11-12-22-48(45)51-49)38-26-28-41(29-27-38)50(40-17-3-2-4-18-40)42-30-25-36-14-6-7-16-39(36)33-42/h2-33H,1H3/b24-23-. The van der Waals surface area contributed by atoms with Crippen LogP contribution >= 0.6 is 11.3 Å². The van der Waals surface area contributed by atoms with Crippen LogP contribution in [0.4, 0.5) is 17.1 Å². The Labute approximate surface area is 303 Å². The maximum atomic E-state index is 2.36. The molecular weight excluding hydrogens is 635 g/mol. The highest BCUT2D eigenvalue weighted by Crippen LogP contribution is 2.43. The summed E-state index contributed by atoms with van der Waals surface area (Å²) >= 11 is 1.88. The molecule has 9 rings (SSSR count). The first-order chi connectivity index (χ1) is 25.2. The fourth-order valence-electron chi connectivity index (χ4n) is 7.24.